The lowest BCUT2D eigenvalue weighted by Gasteiger charge is -2.15. The van der Waals surface area contributed by atoms with Crippen LogP contribution in [0, 0.1) is 5.82 Å². The zero-order chi connectivity index (χ0) is 15.6. The molecule has 0 heterocycles. The van der Waals surface area contributed by atoms with Gasteiger partial charge in [-0.2, -0.15) is 13.2 Å². The first-order valence-electron chi connectivity index (χ1n) is 5.85. The van der Waals surface area contributed by atoms with Crippen molar-refractivity contribution >= 4 is 21.6 Å². The zero-order valence-electron chi connectivity index (χ0n) is 10.5. The van der Waals surface area contributed by atoms with E-state index in [1.807, 2.05) is 0 Å². The van der Waals surface area contributed by atoms with Gasteiger partial charge in [0.15, 0.2) is 0 Å². The van der Waals surface area contributed by atoms with Crippen molar-refractivity contribution < 1.29 is 22.7 Å². The Morgan fingerprint density at radius 1 is 1.10 bits per heavy atom. The van der Waals surface area contributed by atoms with Gasteiger partial charge >= 0.3 is 6.18 Å². The van der Waals surface area contributed by atoms with Crippen LogP contribution in [0.5, 0.6) is 5.75 Å². The van der Waals surface area contributed by atoms with Crippen molar-refractivity contribution in [3.63, 3.8) is 0 Å². The van der Waals surface area contributed by atoms with E-state index in [-0.39, 0.29) is 23.5 Å². The van der Waals surface area contributed by atoms with Crippen molar-refractivity contribution in [2.75, 3.05) is 5.32 Å². The van der Waals surface area contributed by atoms with Gasteiger partial charge in [0.2, 0.25) is 0 Å². The van der Waals surface area contributed by atoms with Crippen LogP contribution in [0.4, 0.5) is 23.2 Å². The maximum absolute atomic E-state index is 13.1. The fraction of sp³-hybridized carbons (Fsp3) is 0.143. The molecule has 0 aliphatic rings. The Labute approximate surface area is 126 Å². The van der Waals surface area contributed by atoms with Crippen LogP contribution in [0.3, 0.4) is 0 Å². The molecule has 0 amide bonds. The summed E-state index contributed by atoms with van der Waals surface area (Å²) < 4.78 is 52.2. The van der Waals surface area contributed by atoms with E-state index in [0.29, 0.717) is 4.47 Å². The Bertz CT molecular complexity index is 658. The third kappa shape index (κ3) is 3.87. The molecular formula is C14H10BrF4NO. The molecule has 0 unspecified atom stereocenters. The summed E-state index contributed by atoms with van der Waals surface area (Å²) in [7, 11) is 0. The number of benzene rings is 2. The van der Waals surface area contributed by atoms with Crippen molar-refractivity contribution in [1.82, 2.24) is 0 Å². The number of phenolic OH excluding ortho intramolecular Hbond substituents is 1. The molecule has 0 aliphatic carbocycles. The first-order valence-corrected chi connectivity index (χ1v) is 6.64. The summed E-state index contributed by atoms with van der Waals surface area (Å²) >= 11 is 2.99. The van der Waals surface area contributed by atoms with Gasteiger partial charge < -0.3 is 10.4 Å². The quantitative estimate of drug-likeness (QED) is 0.758. The Morgan fingerprint density at radius 2 is 1.81 bits per heavy atom. The predicted octanol–water partition coefficient (Wildman–Crippen LogP) is 4.92. The molecule has 7 heteroatoms. The van der Waals surface area contributed by atoms with Crippen LogP contribution in [-0.2, 0) is 12.7 Å². The molecule has 2 aromatic carbocycles. The fourth-order valence-electron chi connectivity index (χ4n) is 1.79. The van der Waals surface area contributed by atoms with Crippen molar-refractivity contribution in [2.24, 2.45) is 0 Å². The minimum atomic E-state index is -4.52. The average molecular weight is 364 g/mol. The number of aromatic hydroxyl groups is 1. The number of alkyl halides is 3. The highest BCUT2D eigenvalue weighted by atomic mass is 79.9. The normalized spacial score (nSPS) is 11.5. The first-order chi connectivity index (χ1) is 9.77. The van der Waals surface area contributed by atoms with Gasteiger partial charge in [0.1, 0.15) is 11.6 Å². The molecule has 0 atom stereocenters. The molecule has 21 heavy (non-hydrogen) atoms. The molecule has 0 spiro atoms. The molecule has 0 aliphatic heterocycles. The number of halogens is 5. The molecule has 112 valence electrons. The van der Waals surface area contributed by atoms with E-state index in [0.717, 1.165) is 24.3 Å². The largest absolute Gasteiger partial charge is 0.508 e. The lowest BCUT2D eigenvalue weighted by atomic mass is 10.1. The van der Waals surface area contributed by atoms with E-state index in [2.05, 4.69) is 21.2 Å². The second kappa shape index (κ2) is 5.93. The molecule has 0 saturated carbocycles. The van der Waals surface area contributed by atoms with Gasteiger partial charge in [0.05, 0.1) is 5.56 Å². The predicted molar refractivity (Wildman–Crippen MR) is 74.5 cm³/mol. The van der Waals surface area contributed by atoms with Gasteiger partial charge in [-0.25, -0.2) is 4.39 Å². The zero-order valence-corrected chi connectivity index (χ0v) is 12.1. The maximum Gasteiger partial charge on any atom is 0.418 e. The number of anilines is 1. The van der Waals surface area contributed by atoms with Crippen LogP contribution in [0.15, 0.2) is 40.9 Å². The van der Waals surface area contributed by atoms with Gasteiger partial charge in [-0.1, -0.05) is 15.9 Å². The maximum atomic E-state index is 13.1. The summed E-state index contributed by atoms with van der Waals surface area (Å²) in [5.41, 5.74) is -0.812. The number of hydrogen-bond donors (Lipinski definition) is 2. The van der Waals surface area contributed by atoms with Gasteiger partial charge in [0.25, 0.3) is 0 Å². The van der Waals surface area contributed by atoms with Crippen LogP contribution >= 0.6 is 15.9 Å². The SMILES string of the molecule is Oc1ccc(F)cc1CNc1ccc(Br)cc1C(F)(F)F. The minimum absolute atomic E-state index is 0.131. The number of nitrogens with one attached hydrogen (secondary N) is 1. The molecule has 0 saturated heterocycles. The molecule has 0 radical (unpaired) electrons. The summed E-state index contributed by atoms with van der Waals surface area (Å²) in [5.74, 6) is -0.758. The topological polar surface area (TPSA) is 32.3 Å². The first kappa shape index (κ1) is 15.6. The molecule has 0 bridgehead atoms. The van der Waals surface area contributed by atoms with Crippen molar-refractivity contribution in [3.05, 3.63) is 57.8 Å². The highest BCUT2D eigenvalue weighted by Gasteiger charge is 2.33. The van der Waals surface area contributed by atoms with Crippen LogP contribution < -0.4 is 5.32 Å². The summed E-state index contributed by atoms with van der Waals surface area (Å²) in [5, 5.41) is 12.1. The lowest BCUT2D eigenvalue weighted by molar-refractivity contribution is -0.137. The summed E-state index contributed by atoms with van der Waals surface area (Å²) in [6, 6.07) is 6.96. The lowest BCUT2D eigenvalue weighted by Crippen LogP contribution is -2.11. The van der Waals surface area contributed by atoms with Gasteiger partial charge in [-0.3, -0.25) is 0 Å². The molecular weight excluding hydrogens is 354 g/mol. The molecule has 0 fully saturated rings. The third-order valence-electron chi connectivity index (χ3n) is 2.80. The minimum Gasteiger partial charge on any atom is -0.508 e. The standard InChI is InChI=1S/C14H10BrF4NO/c15-9-1-3-12(11(6-9)14(17,18)19)20-7-8-5-10(16)2-4-13(8)21/h1-6,20-21H,7H2. The van der Waals surface area contributed by atoms with Crippen LogP contribution in [0.25, 0.3) is 0 Å². The Kier molecular flexibility index (Phi) is 4.41. The van der Waals surface area contributed by atoms with Gasteiger partial charge in [-0.05, 0) is 36.4 Å². The summed E-state index contributed by atoms with van der Waals surface area (Å²) in [6.07, 6.45) is -4.52. The monoisotopic (exact) mass is 363 g/mol. The van der Waals surface area contributed by atoms with E-state index in [1.165, 1.54) is 12.1 Å². The molecule has 0 aromatic heterocycles. The van der Waals surface area contributed by atoms with Crippen LogP contribution in [0.2, 0.25) is 0 Å². The van der Waals surface area contributed by atoms with Gasteiger partial charge in [0, 0.05) is 22.3 Å². The van der Waals surface area contributed by atoms with E-state index < -0.39 is 17.6 Å². The molecule has 2 N–H and O–H groups in total. The number of phenols is 1. The van der Waals surface area contributed by atoms with Crippen molar-refractivity contribution in [3.8, 4) is 5.75 Å². The molecule has 2 nitrogen and oxygen atoms in total. The fourth-order valence-corrected chi connectivity index (χ4v) is 2.15. The Morgan fingerprint density at radius 3 is 2.48 bits per heavy atom. The number of rotatable bonds is 3. The van der Waals surface area contributed by atoms with Crippen LogP contribution in [0.1, 0.15) is 11.1 Å². The third-order valence-corrected chi connectivity index (χ3v) is 3.29. The smallest absolute Gasteiger partial charge is 0.418 e. The average Bonchev–Trinajstić information content (AvgIpc) is 2.40. The highest BCUT2D eigenvalue weighted by molar-refractivity contribution is 9.10. The molecule has 2 rings (SSSR count). The number of hydrogen-bond acceptors (Lipinski definition) is 2. The Hall–Kier alpha value is -1.76. The van der Waals surface area contributed by atoms with E-state index >= 15 is 0 Å². The van der Waals surface area contributed by atoms with Gasteiger partial charge in [-0.15, -0.1) is 0 Å². The van der Waals surface area contributed by atoms with E-state index in [4.69, 9.17) is 0 Å². The Balaban J connectivity index is 2.26. The van der Waals surface area contributed by atoms with E-state index in [9.17, 15) is 22.7 Å². The van der Waals surface area contributed by atoms with E-state index in [1.54, 1.807) is 0 Å². The van der Waals surface area contributed by atoms with Crippen molar-refractivity contribution in [1.29, 1.82) is 0 Å². The van der Waals surface area contributed by atoms with Crippen LogP contribution in [-0.4, -0.2) is 5.11 Å². The summed E-state index contributed by atoms with van der Waals surface area (Å²) in [4.78, 5) is 0. The van der Waals surface area contributed by atoms with Crippen molar-refractivity contribution in [2.45, 2.75) is 12.7 Å². The second-order valence-electron chi connectivity index (χ2n) is 4.31. The summed E-state index contributed by atoms with van der Waals surface area (Å²) in [6.45, 7) is -0.131. The highest BCUT2D eigenvalue weighted by Crippen LogP contribution is 2.37. The second-order valence-corrected chi connectivity index (χ2v) is 5.23. The molecule has 2 aromatic rings.